The first-order valence-corrected chi connectivity index (χ1v) is 8.05. The van der Waals surface area contributed by atoms with Gasteiger partial charge in [0.05, 0.1) is 11.4 Å². The van der Waals surface area contributed by atoms with Gasteiger partial charge in [-0.25, -0.2) is 4.68 Å². The van der Waals surface area contributed by atoms with Crippen LogP contribution in [0.5, 0.6) is 0 Å². The van der Waals surface area contributed by atoms with E-state index in [0.29, 0.717) is 0 Å². The molecule has 1 aromatic heterocycles. The van der Waals surface area contributed by atoms with Crippen LogP contribution in [-0.4, -0.2) is 9.78 Å². The Morgan fingerprint density at radius 3 is 2.65 bits per heavy atom. The van der Waals surface area contributed by atoms with Crippen molar-refractivity contribution in [2.45, 2.75) is 58.3 Å². The van der Waals surface area contributed by atoms with E-state index in [9.17, 15) is 0 Å². The number of para-hydroxylation sites is 1. The predicted molar refractivity (Wildman–Crippen MR) is 83.4 cm³/mol. The highest BCUT2D eigenvalue weighted by atomic mass is 15.3. The average molecular weight is 268 g/mol. The van der Waals surface area contributed by atoms with Crippen LogP contribution < -0.4 is 0 Å². The third-order valence-electron chi connectivity index (χ3n) is 4.28. The normalized spacial score (nSPS) is 14.2. The average Bonchev–Trinajstić information content (AvgIpc) is 2.87. The van der Waals surface area contributed by atoms with Crippen LogP contribution in [0, 0.1) is 0 Å². The molecule has 20 heavy (non-hydrogen) atoms. The number of aromatic nitrogens is 2. The van der Waals surface area contributed by atoms with Crippen molar-refractivity contribution in [3.63, 3.8) is 0 Å². The van der Waals surface area contributed by atoms with Gasteiger partial charge in [0, 0.05) is 5.69 Å². The number of rotatable bonds is 5. The summed E-state index contributed by atoms with van der Waals surface area (Å²) in [7, 11) is 0. The molecule has 106 valence electrons. The van der Waals surface area contributed by atoms with Crippen LogP contribution in [0.25, 0.3) is 5.69 Å². The first-order chi connectivity index (χ1) is 9.90. The van der Waals surface area contributed by atoms with Gasteiger partial charge in [-0.3, -0.25) is 0 Å². The second-order valence-corrected chi connectivity index (χ2v) is 5.78. The van der Waals surface area contributed by atoms with Crippen LogP contribution in [-0.2, 0) is 19.3 Å². The predicted octanol–water partition coefficient (Wildman–Crippen LogP) is 4.48. The summed E-state index contributed by atoms with van der Waals surface area (Å²) in [5.41, 5.74) is 5.59. The molecular weight excluding hydrogens is 244 g/mol. The molecule has 2 heteroatoms. The van der Waals surface area contributed by atoms with Crippen molar-refractivity contribution in [2.24, 2.45) is 0 Å². The second kappa shape index (κ2) is 6.25. The maximum atomic E-state index is 4.92. The minimum absolute atomic E-state index is 1.16. The van der Waals surface area contributed by atoms with Gasteiger partial charge in [0.25, 0.3) is 0 Å². The highest BCUT2D eigenvalue weighted by molar-refractivity contribution is 5.38. The van der Waals surface area contributed by atoms with Crippen LogP contribution in [0.1, 0.15) is 56.0 Å². The molecule has 3 rings (SSSR count). The summed E-state index contributed by atoms with van der Waals surface area (Å²) in [6.45, 7) is 2.27. The van der Waals surface area contributed by atoms with Crippen molar-refractivity contribution in [1.82, 2.24) is 9.78 Å². The number of fused-ring (bicyclic) bond motifs is 1. The molecule has 0 saturated heterocycles. The molecule has 0 atom stereocenters. The van der Waals surface area contributed by atoms with E-state index in [-0.39, 0.29) is 0 Å². The summed E-state index contributed by atoms with van der Waals surface area (Å²) >= 11 is 0. The summed E-state index contributed by atoms with van der Waals surface area (Å²) in [6, 6.07) is 10.6. The van der Waals surface area contributed by atoms with Crippen LogP contribution >= 0.6 is 0 Å². The zero-order valence-electron chi connectivity index (χ0n) is 12.4. The summed E-state index contributed by atoms with van der Waals surface area (Å²) in [4.78, 5) is 0. The molecule has 0 radical (unpaired) electrons. The molecule has 1 aromatic carbocycles. The minimum atomic E-state index is 1.16. The van der Waals surface area contributed by atoms with E-state index < -0.39 is 0 Å². The van der Waals surface area contributed by atoms with Crippen molar-refractivity contribution in [3.8, 4) is 5.69 Å². The lowest BCUT2D eigenvalue weighted by atomic mass is 9.94. The molecule has 2 aromatic rings. The molecule has 0 spiro atoms. The van der Waals surface area contributed by atoms with Gasteiger partial charge < -0.3 is 0 Å². The van der Waals surface area contributed by atoms with Gasteiger partial charge in [0.1, 0.15) is 0 Å². The second-order valence-electron chi connectivity index (χ2n) is 5.78. The fraction of sp³-hybridized carbons (Fsp3) is 0.500. The molecule has 0 amide bonds. The Balaban J connectivity index is 1.97. The zero-order chi connectivity index (χ0) is 13.8. The summed E-state index contributed by atoms with van der Waals surface area (Å²) in [5.74, 6) is 0. The molecule has 2 nitrogen and oxygen atoms in total. The van der Waals surface area contributed by atoms with Crippen LogP contribution in [0.3, 0.4) is 0 Å². The standard InChI is InChI=1S/C18H24N2/c1-2-3-5-14-18-16-12-8-9-13-17(16)19-20(18)15-10-6-4-7-11-15/h4,6-7,10-11H,2-3,5,8-9,12-14H2,1H3. The fourth-order valence-electron chi connectivity index (χ4n) is 3.20. The van der Waals surface area contributed by atoms with E-state index in [1.54, 1.807) is 5.56 Å². The largest absolute Gasteiger partial charge is 0.237 e. The topological polar surface area (TPSA) is 17.8 Å². The molecule has 1 heterocycles. The Hall–Kier alpha value is -1.57. The molecule has 0 fully saturated rings. The van der Waals surface area contributed by atoms with Crippen LogP contribution in [0.2, 0.25) is 0 Å². The van der Waals surface area contributed by atoms with E-state index in [4.69, 9.17) is 5.10 Å². The molecule has 0 N–H and O–H groups in total. The monoisotopic (exact) mass is 268 g/mol. The van der Waals surface area contributed by atoms with Gasteiger partial charge in [-0.1, -0.05) is 38.0 Å². The van der Waals surface area contributed by atoms with Crippen LogP contribution in [0.4, 0.5) is 0 Å². The van der Waals surface area contributed by atoms with E-state index in [0.717, 1.165) is 6.42 Å². The Kier molecular flexibility index (Phi) is 4.19. The first kappa shape index (κ1) is 13.4. The molecular formula is C18H24N2. The highest BCUT2D eigenvalue weighted by Gasteiger charge is 2.20. The number of hydrogen-bond acceptors (Lipinski definition) is 1. The lowest BCUT2D eigenvalue weighted by Crippen LogP contribution is -2.04. The molecule has 1 aliphatic carbocycles. The fourth-order valence-corrected chi connectivity index (χ4v) is 3.20. The summed E-state index contributed by atoms with van der Waals surface area (Å²) in [5, 5.41) is 4.92. The van der Waals surface area contributed by atoms with Crippen LogP contribution in [0.15, 0.2) is 30.3 Å². The van der Waals surface area contributed by atoms with E-state index in [1.165, 1.54) is 62.0 Å². The number of aryl methyl sites for hydroxylation is 1. The van der Waals surface area contributed by atoms with Crippen molar-refractivity contribution in [3.05, 3.63) is 47.3 Å². The lowest BCUT2D eigenvalue weighted by Gasteiger charge is -2.12. The lowest BCUT2D eigenvalue weighted by molar-refractivity contribution is 0.664. The van der Waals surface area contributed by atoms with Crippen molar-refractivity contribution in [2.75, 3.05) is 0 Å². The van der Waals surface area contributed by atoms with Gasteiger partial charge >= 0.3 is 0 Å². The van der Waals surface area contributed by atoms with Crippen molar-refractivity contribution < 1.29 is 0 Å². The van der Waals surface area contributed by atoms with E-state index in [2.05, 4.69) is 41.9 Å². The first-order valence-electron chi connectivity index (χ1n) is 8.05. The van der Waals surface area contributed by atoms with Gasteiger partial charge in [-0.2, -0.15) is 5.10 Å². The van der Waals surface area contributed by atoms with Gasteiger partial charge in [-0.05, 0) is 56.2 Å². The van der Waals surface area contributed by atoms with Gasteiger partial charge in [0.2, 0.25) is 0 Å². The Labute approximate surface area is 121 Å². The maximum absolute atomic E-state index is 4.92. The quantitative estimate of drug-likeness (QED) is 0.731. The molecule has 0 saturated carbocycles. The SMILES string of the molecule is CCCCCc1c2c(nn1-c1ccccc1)CCCC2. The smallest absolute Gasteiger partial charge is 0.0663 e. The van der Waals surface area contributed by atoms with Crippen molar-refractivity contribution in [1.29, 1.82) is 0 Å². The van der Waals surface area contributed by atoms with Gasteiger partial charge in [0.15, 0.2) is 0 Å². The molecule has 1 aliphatic rings. The van der Waals surface area contributed by atoms with Gasteiger partial charge in [-0.15, -0.1) is 0 Å². The number of benzene rings is 1. The Morgan fingerprint density at radius 2 is 1.85 bits per heavy atom. The third kappa shape index (κ3) is 2.65. The molecule has 0 unspecified atom stereocenters. The Bertz CT molecular complexity index is 554. The molecule has 0 bridgehead atoms. The maximum Gasteiger partial charge on any atom is 0.0663 e. The zero-order valence-corrected chi connectivity index (χ0v) is 12.4. The number of hydrogen-bond donors (Lipinski definition) is 0. The third-order valence-corrected chi connectivity index (χ3v) is 4.28. The Morgan fingerprint density at radius 1 is 1.05 bits per heavy atom. The summed E-state index contributed by atoms with van der Waals surface area (Å²) < 4.78 is 2.21. The minimum Gasteiger partial charge on any atom is -0.237 e. The van der Waals surface area contributed by atoms with Crippen molar-refractivity contribution >= 4 is 0 Å². The highest BCUT2D eigenvalue weighted by Crippen LogP contribution is 2.27. The summed E-state index contributed by atoms with van der Waals surface area (Å²) in [6.07, 6.45) is 10.1. The van der Waals surface area contributed by atoms with E-state index >= 15 is 0 Å². The number of unbranched alkanes of at least 4 members (excludes halogenated alkanes) is 2. The number of nitrogens with zero attached hydrogens (tertiary/aromatic N) is 2. The molecule has 0 aliphatic heterocycles. The van der Waals surface area contributed by atoms with E-state index in [1.807, 2.05) is 0 Å².